The summed E-state index contributed by atoms with van der Waals surface area (Å²) in [6.07, 6.45) is -7.44. The average Bonchev–Trinajstić information content (AvgIpc) is 3.26. The molecule has 1 saturated heterocycles. The van der Waals surface area contributed by atoms with Gasteiger partial charge in [0.05, 0.1) is 30.2 Å². The molecule has 1 amide bonds. The van der Waals surface area contributed by atoms with Crippen molar-refractivity contribution in [2.75, 3.05) is 6.61 Å². The normalized spacial score (nSPS) is 27.8. The maximum atomic E-state index is 14.9. The maximum absolute atomic E-state index is 14.9. The summed E-state index contributed by atoms with van der Waals surface area (Å²) in [5.41, 5.74) is 2.33. The lowest BCUT2D eigenvalue weighted by atomic mass is 9.52. The minimum Gasteiger partial charge on any atom is -0.456 e. The highest BCUT2D eigenvalue weighted by Gasteiger charge is 2.70. The first-order valence-electron chi connectivity index (χ1n) is 21.1. The number of ketones is 1. The van der Waals surface area contributed by atoms with Crippen LogP contribution in [-0.2, 0) is 42.9 Å². The fourth-order valence-electron chi connectivity index (χ4n) is 9.35. The summed E-state index contributed by atoms with van der Waals surface area (Å²) in [4.78, 5) is 82.9. The second kappa shape index (κ2) is 18.9. The van der Waals surface area contributed by atoms with Crippen molar-refractivity contribution in [1.29, 1.82) is 0 Å². The zero-order valence-corrected chi connectivity index (χ0v) is 36.3. The van der Waals surface area contributed by atoms with E-state index >= 15 is 0 Å². The molecule has 63 heavy (non-hydrogen) atoms. The summed E-state index contributed by atoms with van der Waals surface area (Å²) in [5, 5.41) is 27.3. The third-order valence-electron chi connectivity index (χ3n) is 12.8. The van der Waals surface area contributed by atoms with Crippen LogP contribution in [0, 0.1) is 11.3 Å². The molecule has 1 heterocycles. The molecule has 2 bridgehead atoms. The number of carbonyl (C=O) groups is 6. The number of aliphatic hydroxyl groups excluding tert-OH is 1. The summed E-state index contributed by atoms with van der Waals surface area (Å²) in [6.45, 7) is 8.52. The van der Waals surface area contributed by atoms with Crippen molar-refractivity contribution >= 4 is 35.6 Å². The molecule has 1 saturated carbocycles. The van der Waals surface area contributed by atoms with Gasteiger partial charge in [-0.3, -0.25) is 24.0 Å². The van der Waals surface area contributed by atoms with Crippen LogP contribution in [0.25, 0.3) is 0 Å². The Balaban J connectivity index is 1.49. The van der Waals surface area contributed by atoms with Crippen molar-refractivity contribution in [3.63, 3.8) is 0 Å². The van der Waals surface area contributed by atoms with E-state index in [4.69, 9.17) is 29.4 Å². The Bertz CT molecular complexity index is 2210. The minimum absolute atomic E-state index is 0.0468. The molecular weight excluding hydrogens is 813 g/mol. The van der Waals surface area contributed by atoms with E-state index in [0.717, 1.165) is 13.8 Å². The predicted octanol–water partition coefficient (Wildman–Crippen LogP) is 4.48. The van der Waals surface area contributed by atoms with E-state index in [0.29, 0.717) is 17.5 Å². The largest absolute Gasteiger partial charge is 0.456 e. The molecule has 0 unspecified atom stereocenters. The van der Waals surface area contributed by atoms with Crippen molar-refractivity contribution in [2.24, 2.45) is 17.1 Å². The summed E-state index contributed by atoms with van der Waals surface area (Å²) in [6, 6.07) is 22.3. The SMILES string of the molecule is CC[C@@H](O)C[C@H]1OC[C@@]1(OC(C)=O)[C@@H]1CC(=O)[C@H](OC(C)=O)C2=C(C)[C@@H](OC(=O)[C@H](N)[C@@H](NC(=O)c3ccccc3)c3ccccc3)C[C@@](O)([C@H]1OC(=O)c1ccccc1)C2(C)C. The molecule has 0 aromatic heterocycles. The lowest BCUT2D eigenvalue weighted by Gasteiger charge is -2.61. The van der Waals surface area contributed by atoms with E-state index < -0.39 is 114 Å². The van der Waals surface area contributed by atoms with E-state index in [1.807, 2.05) is 0 Å². The average molecular weight is 869 g/mol. The Hall–Kier alpha value is -5.74. The van der Waals surface area contributed by atoms with Gasteiger partial charge in [0.1, 0.15) is 30.0 Å². The summed E-state index contributed by atoms with van der Waals surface area (Å²) >= 11 is 0. The first kappa shape index (κ1) is 46.8. The molecule has 2 fully saturated rings. The van der Waals surface area contributed by atoms with Gasteiger partial charge in [-0.15, -0.1) is 0 Å². The van der Waals surface area contributed by atoms with Crippen LogP contribution in [0.15, 0.2) is 102 Å². The molecule has 0 radical (unpaired) electrons. The Morgan fingerprint density at radius 2 is 1.46 bits per heavy atom. The molecule has 3 aliphatic rings. The van der Waals surface area contributed by atoms with Crippen molar-refractivity contribution in [1.82, 2.24) is 5.32 Å². The van der Waals surface area contributed by atoms with Gasteiger partial charge in [0.15, 0.2) is 17.5 Å². The lowest BCUT2D eigenvalue weighted by Crippen LogP contribution is -2.74. The van der Waals surface area contributed by atoms with Gasteiger partial charge < -0.3 is 44.9 Å². The predicted molar refractivity (Wildman–Crippen MR) is 226 cm³/mol. The number of benzene rings is 3. The topological polar surface area (TPSA) is 227 Å². The fourth-order valence-corrected chi connectivity index (χ4v) is 9.35. The number of esters is 4. The Morgan fingerprint density at radius 1 is 0.873 bits per heavy atom. The number of rotatable bonds is 14. The molecule has 1 aliphatic heterocycles. The quantitative estimate of drug-likeness (QED) is 0.0996. The van der Waals surface area contributed by atoms with Crippen molar-refractivity contribution < 1.29 is 62.7 Å². The van der Waals surface area contributed by atoms with Gasteiger partial charge in [-0.25, -0.2) is 4.79 Å². The van der Waals surface area contributed by atoms with Crippen molar-refractivity contribution in [2.45, 2.75) is 121 Å². The summed E-state index contributed by atoms with van der Waals surface area (Å²) in [7, 11) is 0. The second-order valence-electron chi connectivity index (χ2n) is 17.1. The third kappa shape index (κ3) is 9.33. The van der Waals surface area contributed by atoms with Crippen LogP contribution >= 0.6 is 0 Å². The first-order chi connectivity index (χ1) is 29.8. The minimum atomic E-state index is -2.29. The van der Waals surface area contributed by atoms with Crippen LogP contribution in [0.4, 0.5) is 0 Å². The molecule has 6 rings (SSSR count). The number of aliphatic hydroxyl groups is 2. The van der Waals surface area contributed by atoms with E-state index in [1.54, 1.807) is 107 Å². The van der Waals surface area contributed by atoms with Gasteiger partial charge in [0.2, 0.25) is 0 Å². The zero-order valence-electron chi connectivity index (χ0n) is 36.3. The van der Waals surface area contributed by atoms with Crippen molar-refractivity contribution in [3.8, 4) is 0 Å². The second-order valence-corrected chi connectivity index (χ2v) is 17.1. The molecule has 15 nitrogen and oxygen atoms in total. The van der Waals surface area contributed by atoms with Crippen LogP contribution in [0.2, 0.25) is 0 Å². The number of amides is 1. The Labute approximate surface area is 366 Å². The standard InChI is InChI=1S/C48H56N2O13/c1-7-33(53)23-37-47(26-59-37,63-29(4)52)34-24-35(54)41(60-28(3)51)38-27(2)36(25-48(58,46(38,5)6)42(34)62-44(56)32-21-15-10-16-22-32)61-45(57)39(49)40(30-17-11-8-12-18-30)50-43(55)31-19-13-9-14-20-31/h8-22,33-34,36-37,39-42,53,58H,7,23-26,49H2,1-6H3,(H,50,55)/t33-,34-,36+,37-,39-,40+,41+,42+,47-,48-/m1/s1. The number of carbonyl (C=O) groups excluding carboxylic acids is 6. The van der Waals surface area contributed by atoms with Gasteiger partial charge in [-0.2, -0.15) is 0 Å². The molecule has 336 valence electrons. The van der Waals surface area contributed by atoms with Crippen LogP contribution in [0.5, 0.6) is 0 Å². The highest BCUT2D eigenvalue weighted by atomic mass is 16.6. The molecule has 15 heteroatoms. The van der Waals surface area contributed by atoms with Crippen LogP contribution in [0.1, 0.15) is 99.5 Å². The number of nitrogens with two attached hydrogens (primary N) is 1. The number of ether oxygens (including phenoxy) is 5. The van der Waals surface area contributed by atoms with E-state index in [-0.39, 0.29) is 29.7 Å². The molecule has 5 N–H and O–H groups in total. The van der Waals surface area contributed by atoms with Crippen LogP contribution in [0.3, 0.4) is 0 Å². The van der Waals surface area contributed by atoms with Gasteiger partial charge in [-0.05, 0) is 54.3 Å². The fraction of sp³-hybridized carbons (Fsp3) is 0.458. The molecule has 3 aromatic rings. The molecule has 2 aliphatic carbocycles. The Morgan fingerprint density at radius 3 is 2.00 bits per heavy atom. The lowest BCUT2D eigenvalue weighted by molar-refractivity contribution is -0.305. The Kier molecular flexibility index (Phi) is 14.1. The zero-order chi connectivity index (χ0) is 45.9. The number of Topliss-reactive ketones (excluding diaryl/α,β-unsaturated/α-hetero) is 1. The third-order valence-corrected chi connectivity index (χ3v) is 12.8. The smallest absolute Gasteiger partial charge is 0.338 e. The molecular formula is C48H56N2O13. The first-order valence-corrected chi connectivity index (χ1v) is 21.1. The molecule has 10 atom stereocenters. The van der Waals surface area contributed by atoms with E-state index in [1.165, 1.54) is 12.1 Å². The summed E-state index contributed by atoms with van der Waals surface area (Å²) in [5.74, 6) is -6.05. The number of hydrogen-bond donors (Lipinski definition) is 4. The van der Waals surface area contributed by atoms with Gasteiger partial charge >= 0.3 is 23.9 Å². The maximum Gasteiger partial charge on any atom is 0.338 e. The molecule has 0 spiro atoms. The van der Waals surface area contributed by atoms with E-state index in [2.05, 4.69) is 5.32 Å². The number of nitrogens with one attached hydrogen (secondary N) is 1. The highest BCUT2D eigenvalue weighted by molar-refractivity contribution is 5.95. The summed E-state index contributed by atoms with van der Waals surface area (Å²) < 4.78 is 30.4. The van der Waals surface area contributed by atoms with Gasteiger partial charge in [0, 0.05) is 44.1 Å². The van der Waals surface area contributed by atoms with Gasteiger partial charge in [0.25, 0.3) is 5.91 Å². The van der Waals surface area contributed by atoms with E-state index in [9.17, 15) is 39.0 Å². The van der Waals surface area contributed by atoms with Crippen LogP contribution < -0.4 is 11.1 Å². The van der Waals surface area contributed by atoms with Crippen LogP contribution in [-0.4, -0.2) is 100 Å². The number of hydrogen-bond acceptors (Lipinski definition) is 14. The monoisotopic (exact) mass is 868 g/mol. The molecule has 3 aromatic carbocycles. The number of fused-ring (bicyclic) bond motifs is 2. The highest BCUT2D eigenvalue weighted by Crippen LogP contribution is 2.58. The van der Waals surface area contributed by atoms with Crippen molar-refractivity contribution in [3.05, 3.63) is 119 Å². The van der Waals surface area contributed by atoms with Gasteiger partial charge in [-0.1, -0.05) is 87.5 Å².